The molecule has 0 saturated carbocycles. The van der Waals surface area contributed by atoms with Crippen molar-refractivity contribution >= 4 is 21.6 Å². The summed E-state index contributed by atoms with van der Waals surface area (Å²) in [4.78, 5) is 0.105. The molecule has 106 valence electrons. The molecule has 1 aliphatic rings. The van der Waals surface area contributed by atoms with Crippen LogP contribution in [0.3, 0.4) is 0 Å². The molecule has 0 bridgehead atoms. The second-order valence-corrected chi connectivity index (χ2v) is 6.67. The smallest absolute Gasteiger partial charge is 0.240 e. The van der Waals surface area contributed by atoms with Gasteiger partial charge in [0.15, 0.2) is 0 Å². The maximum Gasteiger partial charge on any atom is 0.240 e. The van der Waals surface area contributed by atoms with E-state index >= 15 is 0 Å². The van der Waals surface area contributed by atoms with Gasteiger partial charge < -0.3 is 9.84 Å². The third-order valence-corrected chi connectivity index (χ3v) is 4.86. The maximum absolute atomic E-state index is 12.1. The van der Waals surface area contributed by atoms with Crippen LogP contribution in [0.5, 0.6) is 0 Å². The molecule has 5 nitrogen and oxygen atoms in total. The summed E-state index contributed by atoms with van der Waals surface area (Å²) in [5, 5.41) is 9.24. The standard InChI is InChI=1S/C12H16ClNO4S/c13-12-5-11(2-1-10(12)7-15)19(16,17)14-6-9-3-4-18-8-9/h1-2,5,9,14-15H,3-4,6-8H2. The van der Waals surface area contributed by atoms with Gasteiger partial charge in [-0.2, -0.15) is 0 Å². The lowest BCUT2D eigenvalue weighted by Gasteiger charge is -2.11. The number of hydrogen-bond acceptors (Lipinski definition) is 4. The first kappa shape index (κ1) is 14.7. The lowest BCUT2D eigenvalue weighted by atomic mass is 10.1. The second kappa shape index (κ2) is 6.19. The molecule has 1 aromatic carbocycles. The number of halogens is 1. The van der Waals surface area contributed by atoms with Gasteiger partial charge in [-0.15, -0.1) is 0 Å². The number of nitrogens with one attached hydrogen (secondary N) is 1. The Morgan fingerprint density at radius 3 is 2.84 bits per heavy atom. The summed E-state index contributed by atoms with van der Waals surface area (Å²) < 4.78 is 31.9. The van der Waals surface area contributed by atoms with Gasteiger partial charge in [0.25, 0.3) is 0 Å². The van der Waals surface area contributed by atoms with Gasteiger partial charge in [-0.3, -0.25) is 0 Å². The van der Waals surface area contributed by atoms with Crippen molar-refractivity contribution in [1.82, 2.24) is 4.72 Å². The van der Waals surface area contributed by atoms with E-state index in [9.17, 15) is 8.42 Å². The van der Waals surface area contributed by atoms with Crippen LogP contribution in [0.25, 0.3) is 0 Å². The summed E-state index contributed by atoms with van der Waals surface area (Å²) in [7, 11) is -3.57. The molecule has 1 heterocycles. The number of benzene rings is 1. The van der Waals surface area contributed by atoms with Crippen LogP contribution in [-0.2, 0) is 21.4 Å². The molecule has 0 aliphatic carbocycles. The Bertz CT molecular complexity index is 541. The molecule has 7 heteroatoms. The Morgan fingerprint density at radius 2 is 2.26 bits per heavy atom. The molecule has 0 spiro atoms. The maximum atomic E-state index is 12.1. The zero-order chi connectivity index (χ0) is 13.9. The Kier molecular flexibility index (Phi) is 4.81. The first-order chi connectivity index (χ1) is 9.03. The highest BCUT2D eigenvalue weighted by atomic mass is 35.5. The number of ether oxygens (including phenoxy) is 1. The topological polar surface area (TPSA) is 75.6 Å². The molecule has 0 radical (unpaired) electrons. The first-order valence-electron chi connectivity index (χ1n) is 5.99. The predicted octanol–water partition coefficient (Wildman–Crippen LogP) is 1.15. The van der Waals surface area contributed by atoms with E-state index in [-0.39, 0.29) is 22.4 Å². The van der Waals surface area contributed by atoms with Crippen molar-refractivity contribution in [2.75, 3.05) is 19.8 Å². The molecule has 1 saturated heterocycles. The molecular weight excluding hydrogens is 290 g/mol. The van der Waals surface area contributed by atoms with Gasteiger partial charge in [0.05, 0.1) is 18.1 Å². The Labute approximate surface area is 117 Å². The van der Waals surface area contributed by atoms with Crippen molar-refractivity contribution in [3.8, 4) is 0 Å². The van der Waals surface area contributed by atoms with Gasteiger partial charge in [-0.1, -0.05) is 17.7 Å². The van der Waals surface area contributed by atoms with Gasteiger partial charge in [0.1, 0.15) is 0 Å². The highest BCUT2D eigenvalue weighted by Gasteiger charge is 2.20. The van der Waals surface area contributed by atoms with Crippen molar-refractivity contribution in [3.05, 3.63) is 28.8 Å². The normalized spacial score (nSPS) is 19.8. The predicted molar refractivity (Wildman–Crippen MR) is 71.5 cm³/mol. The lowest BCUT2D eigenvalue weighted by molar-refractivity contribution is 0.186. The number of sulfonamides is 1. The van der Waals surface area contributed by atoms with Gasteiger partial charge in [-0.05, 0) is 30.0 Å². The summed E-state index contributed by atoms with van der Waals surface area (Å²) in [6.45, 7) is 1.42. The Hall–Kier alpha value is -0.660. The Balaban J connectivity index is 2.08. The highest BCUT2D eigenvalue weighted by molar-refractivity contribution is 7.89. The van der Waals surface area contributed by atoms with E-state index in [1.807, 2.05) is 0 Å². The minimum atomic E-state index is -3.57. The summed E-state index contributed by atoms with van der Waals surface area (Å²) >= 11 is 5.89. The molecule has 0 aromatic heterocycles. The summed E-state index contributed by atoms with van der Waals surface area (Å²) in [6, 6.07) is 4.29. The van der Waals surface area contributed by atoms with Crippen LogP contribution in [0.1, 0.15) is 12.0 Å². The molecule has 19 heavy (non-hydrogen) atoms. The molecule has 1 aliphatic heterocycles. The number of rotatable bonds is 5. The molecule has 1 atom stereocenters. The fraction of sp³-hybridized carbons (Fsp3) is 0.500. The van der Waals surface area contributed by atoms with Gasteiger partial charge in [0, 0.05) is 18.2 Å². The summed E-state index contributed by atoms with van der Waals surface area (Å²) in [6.07, 6.45) is 0.868. The monoisotopic (exact) mass is 305 g/mol. The van der Waals surface area contributed by atoms with E-state index < -0.39 is 10.0 Å². The third kappa shape index (κ3) is 3.67. The number of aliphatic hydroxyl groups is 1. The van der Waals surface area contributed by atoms with Crippen molar-refractivity contribution in [1.29, 1.82) is 0 Å². The van der Waals surface area contributed by atoms with E-state index in [4.69, 9.17) is 21.4 Å². The van der Waals surface area contributed by atoms with Crippen LogP contribution in [0.15, 0.2) is 23.1 Å². The average molecular weight is 306 g/mol. The first-order valence-corrected chi connectivity index (χ1v) is 7.86. The molecule has 2 rings (SSSR count). The fourth-order valence-corrected chi connectivity index (χ4v) is 3.33. The fourth-order valence-electron chi connectivity index (χ4n) is 1.88. The van der Waals surface area contributed by atoms with Gasteiger partial charge in [-0.25, -0.2) is 13.1 Å². The van der Waals surface area contributed by atoms with Crippen LogP contribution < -0.4 is 4.72 Å². The number of aliphatic hydroxyl groups excluding tert-OH is 1. The van der Waals surface area contributed by atoms with E-state index in [1.54, 1.807) is 0 Å². The van der Waals surface area contributed by atoms with Crippen LogP contribution in [0.2, 0.25) is 5.02 Å². The summed E-state index contributed by atoms with van der Waals surface area (Å²) in [5.74, 6) is 0.224. The van der Waals surface area contributed by atoms with Crippen molar-refractivity contribution in [2.24, 2.45) is 5.92 Å². The number of hydrogen-bond donors (Lipinski definition) is 2. The minimum absolute atomic E-state index is 0.105. The molecule has 2 N–H and O–H groups in total. The van der Waals surface area contributed by atoms with Crippen LogP contribution >= 0.6 is 11.6 Å². The van der Waals surface area contributed by atoms with Crippen molar-refractivity contribution < 1.29 is 18.3 Å². The SMILES string of the molecule is O=S(=O)(NCC1CCOC1)c1ccc(CO)c(Cl)c1. The van der Waals surface area contributed by atoms with E-state index in [0.29, 0.717) is 25.3 Å². The van der Waals surface area contributed by atoms with Gasteiger partial charge >= 0.3 is 0 Å². The molecule has 1 unspecified atom stereocenters. The van der Waals surface area contributed by atoms with Crippen LogP contribution in [-0.4, -0.2) is 33.3 Å². The average Bonchev–Trinajstić information content (AvgIpc) is 2.89. The quantitative estimate of drug-likeness (QED) is 0.855. The van der Waals surface area contributed by atoms with E-state index in [2.05, 4.69) is 4.72 Å². The summed E-state index contributed by atoms with van der Waals surface area (Å²) in [5.41, 5.74) is 0.504. The zero-order valence-corrected chi connectivity index (χ0v) is 11.9. The lowest BCUT2D eigenvalue weighted by Crippen LogP contribution is -2.29. The van der Waals surface area contributed by atoms with Crippen molar-refractivity contribution in [3.63, 3.8) is 0 Å². The van der Waals surface area contributed by atoms with Gasteiger partial charge in [0.2, 0.25) is 10.0 Å². The molecule has 0 amide bonds. The minimum Gasteiger partial charge on any atom is -0.392 e. The van der Waals surface area contributed by atoms with Crippen LogP contribution in [0.4, 0.5) is 0 Å². The second-order valence-electron chi connectivity index (χ2n) is 4.49. The third-order valence-electron chi connectivity index (χ3n) is 3.09. The van der Waals surface area contributed by atoms with E-state index in [1.165, 1.54) is 18.2 Å². The van der Waals surface area contributed by atoms with E-state index in [0.717, 1.165) is 6.42 Å². The largest absolute Gasteiger partial charge is 0.392 e. The molecule has 1 fully saturated rings. The van der Waals surface area contributed by atoms with Crippen molar-refractivity contribution in [2.45, 2.75) is 17.9 Å². The van der Waals surface area contributed by atoms with Crippen LogP contribution in [0, 0.1) is 5.92 Å². The zero-order valence-electron chi connectivity index (χ0n) is 10.3. The Morgan fingerprint density at radius 1 is 1.47 bits per heavy atom. The highest BCUT2D eigenvalue weighted by Crippen LogP contribution is 2.21. The molecule has 1 aromatic rings. The molecular formula is C12H16ClNO4S.